The Morgan fingerprint density at radius 1 is 1.04 bits per heavy atom. The second kappa shape index (κ2) is 8.17. The molecule has 6 nitrogen and oxygen atoms in total. The molecule has 0 radical (unpaired) electrons. The van der Waals surface area contributed by atoms with Gasteiger partial charge in [-0.3, -0.25) is 9.59 Å². The quantitative estimate of drug-likeness (QED) is 0.779. The predicted octanol–water partition coefficient (Wildman–Crippen LogP) is 3.56. The Labute approximate surface area is 152 Å². The number of benzene rings is 2. The minimum absolute atomic E-state index is 0.337. The molecule has 0 aromatic heterocycles. The fourth-order valence-electron chi connectivity index (χ4n) is 2.16. The third kappa shape index (κ3) is 4.39. The summed E-state index contributed by atoms with van der Waals surface area (Å²) in [6.45, 7) is 5.51. The molecule has 2 aromatic carbocycles. The first kappa shape index (κ1) is 19.0. The molecule has 0 aliphatic rings. The fourth-order valence-corrected chi connectivity index (χ4v) is 2.16. The van der Waals surface area contributed by atoms with Crippen LogP contribution in [-0.4, -0.2) is 18.4 Å². The second-order valence-corrected chi connectivity index (χ2v) is 6.15. The zero-order valence-electron chi connectivity index (χ0n) is 15.0. The number of nitrogens with zero attached hydrogens (tertiary/aromatic N) is 1. The maximum atomic E-state index is 12.6. The number of hydrogen-bond acceptors (Lipinski definition) is 4. The summed E-state index contributed by atoms with van der Waals surface area (Å²) < 4.78 is 5.36. The first-order valence-electron chi connectivity index (χ1n) is 8.23. The lowest BCUT2D eigenvalue weighted by Gasteiger charge is -2.23. The van der Waals surface area contributed by atoms with Crippen molar-refractivity contribution in [3.63, 3.8) is 0 Å². The van der Waals surface area contributed by atoms with Crippen molar-refractivity contribution in [1.82, 2.24) is 0 Å². The number of carbonyl (C=O) groups excluding carboxylic acids is 2. The molecule has 0 spiro atoms. The van der Waals surface area contributed by atoms with Crippen LogP contribution in [0.25, 0.3) is 0 Å². The molecule has 0 saturated carbocycles. The minimum atomic E-state index is -1.33. The molecule has 26 heavy (non-hydrogen) atoms. The number of nitrogens with one attached hydrogen (secondary N) is 2. The van der Waals surface area contributed by atoms with E-state index in [4.69, 9.17) is 10.00 Å². The van der Waals surface area contributed by atoms with Crippen molar-refractivity contribution in [2.24, 2.45) is 5.41 Å². The van der Waals surface area contributed by atoms with E-state index in [9.17, 15) is 9.59 Å². The van der Waals surface area contributed by atoms with Crippen LogP contribution in [-0.2, 0) is 9.59 Å². The van der Waals surface area contributed by atoms with E-state index in [2.05, 4.69) is 10.6 Å². The summed E-state index contributed by atoms with van der Waals surface area (Å²) in [5.74, 6) is -0.243. The molecule has 0 saturated heterocycles. The Balaban J connectivity index is 2.08. The molecule has 0 bridgehead atoms. The molecule has 0 fully saturated rings. The molecular formula is C20H21N3O3. The smallest absolute Gasteiger partial charge is 0.239 e. The van der Waals surface area contributed by atoms with Gasteiger partial charge in [-0.25, -0.2) is 0 Å². The van der Waals surface area contributed by atoms with Gasteiger partial charge in [-0.05, 0) is 57.2 Å². The molecule has 0 atom stereocenters. The molecule has 2 N–H and O–H groups in total. The van der Waals surface area contributed by atoms with Crippen LogP contribution in [0.4, 0.5) is 11.4 Å². The first-order valence-corrected chi connectivity index (χ1v) is 8.23. The molecule has 0 aliphatic heterocycles. The van der Waals surface area contributed by atoms with Gasteiger partial charge < -0.3 is 15.4 Å². The largest absolute Gasteiger partial charge is 0.494 e. The molecule has 2 rings (SSSR count). The molecule has 134 valence electrons. The van der Waals surface area contributed by atoms with Crippen LogP contribution in [0.15, 0.2) is 48.5 Å². The van der Waals surface area contributed by atoms with Crippen LogP contribution < -0.4 is 15.4 Å². The minimum Gasteiger partial charge on any atom is -0.494 e. The maximum absolute atomic E-state index is 12.6. The van der Waals surface area contributed by atoms with Crippen LogP contribution in [0, 0.1) is 16.7 Å². The average molecular weight is 351 g/mol. The Kier molecular flexibility index (Phi) is 5.97. The van der Waals surface area contributed by atoms with Gasteiger partial charge in [-0.15, -0.1) is 0 Å². The van der Waals surface area contributed by atoms with E-state index in [1.54, 1.807) is 48.5 Å². The van der Waals surface area contributed by atoms with Gasteiger partial charge in [-0.2, -0.15) is 5.26 Å². The van der Waals surface area contributed by atoms with E-state index in [0.29, 0.717) is 29.3 Å². The number of nitriles is 1. The number of para-hydroxylation sites is 1. The van der Waals surface area contributed by atoms with Crippen LogP contribution in [0.1, 0.15) is 26.3 Å². The second-order valence-electron chi connectivity index (χ2n) is 6.15. The van der Waals surface area contributed by atoms with Crippen molar-refractivity contribution >= 4 is 23.2 Å². The van der Waals surface area contributed by atoms with Gasteiger partial charge >= 0.3 is 0 Å². The number of rotatable bonds is 6. The Hall–Kier alpha value is -3.33. The zero-order valence-corrected chi connectivity index (χ0v) is 15.0. The first-order chi connectivity index (χ1) is 12.4. The number of amides is 2. The van der Waals surface area contributed by atoms with E-state index in [-0.39, 0.29) is 0 Å². The highest BCUT2D eigenvalue weighted by molar-refractivity contribution is 6.14. The molecule has 0 heterocycles. The Morgan fingerprint density at radius 3 is 2.27 bits per heavy atom. The van der Waals surface area contributed by atoms with Gasteiger partial charge in [0.15, 0.2) is 0 Å². The molecular weight excluding hydrogens is 330 g/mol. The molecule has 0 unspecified atom stereocenters. The molecule has 0 aliphatic carbocycles. The topological polar surface area (TPSA) is 91.2 Å². The number of ether oxygens (including phenoxy) is 1. The van der Waals surface area contributed by atoms with Crippen molar-refractivity contribution in [3.8, 4) is 11.8 Å². The lowest BCUT2D eigenvalue weighted by atomic mass is 9.90. The van der Waals surface area contributed by atoms with Gasteiger partial charge in [0.1, 0.15) is 17.2 Å². The highest BCUT2D eigenvalue weighted by atomic mass is 16.5. The summed E-state index contributed by atoms with van der Waals surface area (Å²) in [5, 5.41) is 14.5. The third-order valence-electron chi connectivity index (χ3n) is 3.85. The maximum Gasteiger partial charge on any atom is 0.239 e. The number of hydrogen-bond donors (Lipinski definition) is 2. The van der Waals surface area contributed by atoms with Crippen molar-refractivity contribution < 1.29 is 14.3 Å². The van der Waals surface area contributed by atoms with Crippen molar-refractivity contribution in [3.05, 3.63) is 54.1 Å². The highest BCUT2D eigenvalue weighted by Gasteiger charge is 2.36. The summed E-state index contributed by atoms with van der Waals surface area (Å²) >= 11 is 0. The van der Waals surface area contributed by atoms with E-state index in [1.165, 1.54) is 13.8 Å². The van der Waals surface area contributed by atoms with Crippen molar-refractivity contribution in [2.45, 2.75) is 20.8 Å². The lowest BCUT2D eigenvalue weighted by molar-refractivity contribution is -0.135. The van der Waals surface area contributed by atoms with E-state index >= 15 is 0 Å². The average Bonchev–Trinajstić information content (AvgIpc) is 2.63. The lowest BCUT2D eigenvalue weighted by Crippen LogP contribution is -2.41. The van der Waals surface area contributed by atoms with Crippen molar-refractivity contribution in [1.29, 1.82) is 5.26 Å². The summed E-state index contributed by atoms with van der Waals surface area (Å²) in [4.78, 5) is 25.1. The predicted molar refractivity (Wildman–Crippen MR) is 99.8 cm³/mol. The van der Waals surface area contributed by atoms with Gasteiger partial charge in [0.25, 0.3) is 0 Å². The number of anilines is 2. The Bertz CT molecular complexity index is 836. The van der Waals surface area contributed by atoms with E-state index in [1.807, 2.05) is 13.0 Å². The van der Waals surface area contributed by atoms with Crippen LogP contribution in [0.3, 0.4) is 0 Å². The highest BCUT2D eigenvalue weighted by Crippen LogP contribution is 2.24. The Morgan fingerprint density at radius 2 is 1.65 bits per heavy atom. The normalized spacial score (nSPS) is 10.5. The number of carbonyl (C=O) groups is 2. The molecule has 2 amide bonds. The third-order valence-corrected chi connectivity index (χ3v) is 3.85. The SMILES string of the molecule is CCOc1ccc(NC(=O)C(C)(C)C(=O)Nc2ccccc2C#N)cc1. The summed E-state index contributed by atoms with van der Waals surface area (Å²) in [6, 6.07) is 15.6. The monoisotopic (exact) mass is 351 g/mol. The van der Waals surface area contributed by atoms with Gasteiger partial charge in [0.2, 0.25) is 11.8 Å². The molecule has 2 aromatic rings. The van der Waals surface area contributed by atoms with Crippen molar-refractivity contribution in [2.75, 3.05) is 17.2 Å². The summed E-state index contributed by atoms with van der Waals surface area (Å²) in [6.07, 6.45) is 0. The summed E-state index contributed by atoms with van der Waals surface area (Å²) in [7, 11) is 0. The van der Waals surface area contributed by atoms with E-state index in [0.717, 1.165) is 0 Å². The van der Waals surface area contributed by atoms with Gasteiger partial charge in [0, 0.05) is 5.69 Å². The van der Waals surface area contributed by atoms with Crippen LogP contribution >= 0.6 is 0 Å². The van der Waals surface area contributed by atoms with Crippen LogP contribution in [0.2, 0.25) is 0 Å². The standard InChI is InChI=1S/C20H21N3O3/c1-4-26-16-11-9-15(10-12-16)22-18(24)20(2,3)19(25)23-17-8-6-5-7-14(17)13-21/h5-12H,4H2,1-3H3,(H,22,24)(H,23,25). The zero-order chi connectivity index (χ0) is 19.2. The van der Waals surface area contributed by atoms with Crippen LogP contribution in [0.5, 0.6) is 5.75 Å². The molecule has 6 heteroatoms. The summed E-state index contributed by atoms with van der Waals surface area (Å²) in [5.41, 5.74) is -0.0523. The fraction of sp³-hybridized carbons (Fsp3) is 0.250. The van der Waals surface area contributed by atoms with E-state index < -0.39 is 17.2 Å². The van der Waals surface area contributed by atoms with Gasteiger partial charge in [-0.1, -0.05) is 12.1 Å². The van der Waals surface area contributed by atoms with Gasteiger partial charge in [0.05, 0.1) is 17.9 Å².